The molecule has 0 amide bonds. The van der Waals surface area contributed by atoms with E-state index in [1.807, 2.05) is 20.8 Å². The fraction of sp³-hybridized carbons (Fsp3) is 0.706. The van der Waals surface area contributed by atoms with Crippen LogP contribution in [0, 0.1) is 11.8 Å². The zero-order chi connectivity index (χ0) is 18.4. The van der Waals surface area contributed by atoms with Crippen molar-refractivity contribution in [2.75, 3.05) is 6.54 Å². The van der Waals surface area contributed by atoms with Gasteiger partial charge in [-0.05, 0) is 38.7 Å². The van der Waals surface area contributed by atoms with E-state index < -0.39 is 24.0 Å². The molecule has 3 N–H and O–H groups in total. The highest BCUT2D eigenvalue weighted by molar-refractivity contribution is 5.72. The molecule has 6 heteroatoms. The van der Waals surface area contributed by atoms with E-state index in [2.05, 4.69) is 11.9 Å². The summed E-state index contributed by atoms with van der Waals surface area (Å²) in [5.41, 5.74) is 4.73. The molecule has 23 heavy (non-hydrogen) atoms. The number of nitrogens with one attached hydrogen (secondary N) is 1. The van der Waals surface area contributed by atoms with Gasteiger partial charge in [-0.2, -0.15) is 0 Å². The van der Waals surface area contributed by atoms with Crippen molar-refractivity contribution in [1.29, 1.82) is 0 Å². The molecule has 4 nitrogen and oxygen atoms in total. The monoisotopic (exact) mass is 332 g/mol. The van der Waals surface area contributed by atoms with Crippen LogP contribution in [0.25, 0.3) is 0 Å². The maximum atomic E-state index is 13.4. The topological polar surface area (TPSA) is 64.3 Å². The predicted molar refractivity (Wildman–Crippen MR) is 89.1 cm³/mol. The highest BCUT2D eigenvalue weighted by Crippen LogP contribution is 2.25. The van der Waals surface area contributed by atoms with Crippen LogP contribution in [0.4, 0.5) is 8.78 Å². The summed E-state index contributed by atoms with van der Waals surface area (Å²) in [6.45, 7) is 14.3. The van der Waals surface area contributed by atoms with E-state index in [9.17, 15) is 13.6 Å². The SMILES string of the molecule is C=C(N)/C=C(/C(F)F)C(NCC(=O)OC(C)(C)C)[C@H](C)C(C)C. The molecule has 0 aliphatic heterocycles. The molecule has 0 radical (unpaired) electrons. The van der Waals surface area contributed by atoms with Crippen LogP contribution in [0.5, 0.6) is 0 Å². The Bertz CT molecular complexity index is 440. The van der Waals surface area contributed by atoms with Crippen molar-refractivity contribution in [2.45, 2.75) is 59.6 Å². The van der Waals surface area contributed by atoms with E-state index >= 15 is 0 Å². The fourth-order valence-electron chi connectivity index (χ4n) is 2.07. The lowest BCUT2D eigenvalue weighted by Crippen LogP contribution is -2.44. The molecule has 0 aromatic carbocycles. The van der Waals surface area contributed by atoms with E-state index in [0.717, 1.165) is 0 Å². The number of hydrogen-bond acceptors (Lipinski definition) is 4. The summed E-state index contributed by atoms with van der Waals surface area (Å²) >= 11 is 0. The van der Waals surface area contributed by atoms with Gasteiger partial charge >= 0.3 is 5.97 Å². The van der Waals surface area contributed by atoms with Gasteiger partial charge in [-0.1, -0.05) is 27.4 Å². The molecule has 0 rings (SSSR count). The van der Waals surface area contributed by atoms with Crippen LogP contribution in [0.2, 0.25) is 0 Å². The minimum Gasteiger partial charge on any atom is -0.459 e. The third kappa shape index (κ3) is 8.69. The smallest absolute Gasteiger partial charge is 0.320 e. The number of allylic oxidation sites excluding steroid dienone is 1. The lowest BCUT2D eigenvalue weighted by Gasteiger charge is -2.30. The molecule has 0 spiro atoms. The average Bonchev–Trinajstić information content (AvgIpc) is 2.34. The first-order valence-electron chi connectivity index (χ1n) is 7.74. The summed E-state index contributed by atoms with van der Waals surface area (Å²) in [5, 5.41) is 2.89. The lowest BCUT2D eigenvalue weighted by molar-refractivity contribution is -0.153. The van der Waals surface area contributed by atoms with Crippen molar-refractivity contribution in [1.82, 2.24) is 5.32 Å². The van der Waals surface area contributed by atoms with E-state index in [-0.39, 0.29) is 29.7 Å². The van der Waals surface area contributed by atoms with Crippen molar-refractivity contribution in [2.24, 2.45) is 17.6 Å². The van der Waals surface area contributed by atoms with Crippen LogP contribution < -0.4 is 11.1 Å². The number of halogens is 2. The Hall–Kier alpha value is -1.43. The largest absolute Gasteiger partial charge is 0.459 e. The van der Waals surface area contributed by atoms with Gasteiger partial charge in [-0.3, -0.25) is 10.1 Å². The first-order valence-corrected chi connectivity index (χ1v) is 7.74. The van der Waals surface area contributed by atoms with Crippen molar-refractivity contribution in [3.05, 3.63) is 23.9 Å². The molecule has 0 aromatic heterocycles. The Labute approximate surface area is 138 Å². The van der Waals surface area contributed by atoms with Gasteiger partial charge in [-0.25, -0.2) is 8.78 Å². The van der Waals surface area contributed by atoms with Gasteiger partial charge in [0.1, 0.15) is 5.60 Å². The van der Waals surface area contributed by atoms with Gasteiger partial charge in [0, 0.05) is 17.3 Å². The Morgan fingerprint density at radius 2 is 1.83 bits per heavy atom. The van der Waals surface area contributed by atoms with E-state index in [1.54, 1.807) is 20.8 Å². The zero-order valence-electron chi connectivity index (χ0n) is 15.0. The number of esters is 1. The van der Waals surface area contributed by atoms with Crippen LogP contribution >= 0.6 is 0 Å². The number of nitrogens with two attached hydrogens (primary N) is 1. The molecule has 0 saturated heterocycles. The summed E-state index contributed by atoms with van der Waals surface area (Å²) in [6, 6.07) is -0.692. The van der Waals surface area contributed by atoms with Gasteiger partial charge < -0.3 is 10.5 Å². The van der Waals surface area contributed by atoms with Crippen molar-refractivity contribution >= 4 is 5.97 Å². The van der Waals surface area contributed by atoms with Gasteiger partial charge in [-0.15, -0.1) is 0 Å². The van der Waals surface area contributed by atoms with Crippen LogP contribution in [0.15, 0.2) is 23.9 Å². The molecule has 2 atom stereocenters. The quantitative estimate of drug-likeness (QED) is 0.529. The first-order chi connectivity index (χ1) is 10.3. The molecule has 0 aliphatic rings. The van der Waals surface area contributed by atoms with Crippen molar-refractivity contribution in [3.8, 4) is 0 Å². The van der Waals surface area contributed by atoms with Crippen LogP contribution in [-0.4, -0.2) is 30.6 Å². The maximum Gasteiger partial charge on any atom is 0.320 e. The number of carbonyl (C=O) groups is 1. The number of rotatable bonds is 8. The maximum absolute atomic E-state index is 13.4. The number of carbonyl (C=O) groups excluding carboxylic acids is 1. The highest BCUT2D eigenvalue weighted by Gasteiger charge is 2.30. The summed E-state index contributed by atoms with van der Waals surface area (Å²) in [5.74, 6) is -0.477. The Morgan fingerprint density at radius 1 is 1.30 bits per heavy atom. The van der Waals surface area contributed by atoms with Gasteiger partial charge in [0.05, 0.1) is 6.54 Å². The molecular weight excluding hydrogens is 302 g/mol. The Morgan fingerprint density at radius 3 is 2.17 bits per heavy atom. The normalized spacial score (nSPS) is 15.7. The van der Waals surface area contributed by atoms with Crippen molar-refractivity contribution in [3.63, 3.8) is 0 Å². The molecule has 0 fully saturated rings. The zero-order valence-corrected chi connectivity index (χ0v) is 15.0. The minimum absolute atomic E-state index is 0.0559. The van der Waals surface area contributed by atoms with E-state index in [0.29, 0.717) is 0 Å². The summed E-state index contributed by atoms with van der Waals surface area (Å²) in [4.78, 5) is 11.8. The highest BCUT2D eigenvalue weighted by atomic mass is 19.3. The molecule has 0 heterocycles. The molecular formula is C17H30F2N2O2. The third-order valence-electron chi connectivity index (χ3n) is 3.43. The third-order valence-corrected chi connectivity index (χ3v) is 3.43. The fourth-order valence-corrected chi connectivity index (χ4v) is 2.07. The molecule has 134 valence electrons. The number of hydrogen-bond donors (Lipinski definition) is 2. The second-order valence-electron chi connectivity index (χ2n) is 7.07. The van der Waals surface area contributed by atoms with Crippen LogP contribution in [0.3, 0.4) is 0 Å². The summed E-state index contributed by atoms with van der Waals surface area (Å²) < 4.78 is 32.0. The molecule has 0 aromatic rings. The molecule has 0 bridgehead atoms. The second kappa shape index (κ2) is 9.01. The summed E-state index contributed by atoms with van der Waals surface area (Å²) in [6.07, 6.45) is -1.51. The average molecular weight is 332 g/mol. The van der Waals surface area contributed by atoms with E-state index in [4.69, 9.17) is 10.5 Å². The molecule has 0 saturated carbocycles. The second-order valence-corrected chi connectivity index (χ2v) is 7.07. The predicted octanol–water partition coefficient (Wildman–Crippen LogP) is 3.24. The lowest BCUT2D eigenvalue weighted by atomic mass is 9.85. The first kappa shape index (κ1) is 21.6. The van der Waals surface area contributed by atoms with E-state index in [1.165, 1.54) is 6.08 Å². The number of ether oxygens (including phenoxy) is 1. The van der Waals surface area contributed by atoms with Crippen LogP contribution in [0.1, 0.15) is 41.5 Å². The summed E-state index contributed by atoms with van der Waals surface area (Å²) in [7, 11) is 0. The molecule has 0 aliphatic carbocycles. The Balaban J connectivity index is 5.24. The van der Waals surface area contributed by atoms with Crippen molar-refractivity contribution < 1.29 is 18.3 Å². The van der Waals surface area contributed by atoms with Gasteiger partial charge in [0.15, 0.2) is 0 Å². The minimum atomic E-state index is -2.69. The molecule has 1 unspecified atom stereocenters. The van der Waals surface area contributed by atoms with Gasteiger partial charge in [0.2, 0.25) is 0 Å². The van der Waals surface area contributed by atoms with Gasteiger partial charge in [0.25, 0.3) is 6.43 Å². The van der Waals surface area contributed by atoms with Crippen LogP contribution in [-0.2, 0) is 9.53 Å². The number of alkyl halides is 2. The standard InChI is InChI=1S/C17H30F2N2O2/c1-10(2)12(4)15(13(16(18)19)8-11(3)20)21-9-14(22)23-17(5,6)7/h8,10,12,15-16,21H,3,9,20H2,1-2,4-7H3/b13-8+/t12-,15?/m1/s1. The Kier molecular flexibility index (Phi) is 8.45.